The lowest BCUT2D eigenvalue weighted by Crippen LogP contribution is -2.37. The summed E-state index contributed by atoms with van der Waals surface area (Å²) in [6, 6.07) is 9.67. The van der Waals surface area contributed by atoms with Crippen molar-refractivity contribution in [3.8, 4) is 0 Å². The topological polar surface area (TPSA) is 12.0 Å². The molecule has 2 atom stereocenters. The Hall–Kier alpha value is -0.820. The Morgan fingerprint density at radius 3 is 2.81 bits per heavy atom. The van der Waals surface area contributed by atoms with Crippen LogP contribution in [0.3, 0.4) is 0 Å². The van der Waals surface area contributed by atoms with Gasteiger partial charge in [-0.15, -0.1) is 0 Å². The van der Waals surface area contributed by atoms with E-state index in [-0.39, 0.29) is 0 Å². The Kier molecular flexibility index (Phi) is 2.72. The van der Waals surface area contributed by atoms with Crippen LogP contribution in [0, 0.1) is 5.92 Å². The summed E-state index contributed by atoms with van der Waals surface area (Å²) >= 11 is 0. The third-order valence-corrected chi connectivity index (χ3v) is 4.22. The Morgan fingerprint density at radius 1 is 1.31 bits per heavy atom. The van der Waals surface area contributed by atoms with E-state index in [1.165, 1.54) is 32.2 Å². The van der Waals surface area contributed by atoms with Crippen LogP contribution in [0.4, 0.5) is 0 Å². The summed E-state index contributed by atoms with van der Waals surface area (Å²) in [6.45, 7) is 3.50. The van der Waals surface area contributed by atoms with Gasteiger partial charge in [0.2, 0.25) is 0 Å². The van der Waals surface area contributed by atoms with Gasteiger partial charge in [0.15, 0.2) is 0 Å². The van der Waals surface area contributed by atoms with Crippen LogP contribution in [0.2, 0.25) is 0 Å². The molecular formula is C15H21N. The minimum atomic E-state index is 0.781. The molecule has 1 aromatic carbocycles. The third-order valence-electron chi connectivity index (χ3n) is 4.22. The highest BCUT2D eigenvalue weighted by molar-refractivity contribution is 5.40. The number of fused-ring (bicyclic) bond motifs is 1. The average molecular weight is 215 g/mol. The van der Waals surface area contributed by atoms with Crippen LogP contribution >= 0.6 is 0 Å². The molecule has 0 aromatic heterocycles. The molecule has 3 rings (SSSR count). The van der Waals surface area contributed by atoms with Crippen molar-refractivity contribution in [3.63, 3.8) is 0 Å². The maximum atomic E-state index is 3.77. The zero-order valence-corrected chi connectivity index (χ0v) is 10.1. The van der Waals surface area contributed by atoms with Gasteiger partial charge in [-0.1, -0.05) is 31.2 Å². The number of hydrogen-bond donors (Lipinski definition) is 1. The molecule has 2 aliphatic carbocycles. The molecule has 0 saturated heterocycles. The van der Waals surface area contributed by atoms with Crippen LogP contribution in [-0.2, 0) is 6.42 Å². The Balaban J connectivity index is 1.54. The fourth-order valence-corrected chi connectivity index (χ4v) is 2.98. The van der Waals surface area contributed by atoms with Crippen LogP contribution < -0.4 is 5.32 Å². The lowest BCUT2D eigenvalue weighted by Gasteiger charge is -2.31. The van der Waals surface area contributed by atoms with Gasteiger partial charge in [0, 0.05) is 18.5 Å². The quantitative estimate of drug-likeness (QED) is 0.796. The van der Waals surface area contributed by atoms with Gasteiger partial charge in [-0.3, -0.25) is 0 Å². The van der Waals surface area contributed by atoms with E-state index in [2.05, 4.69) is 36.5 Å². The first kappa shape index (κ1) is 10.3. The zero-order valence-electron chi connectivity index (χ0n) is 10.1. The van der Waals surface area contributed by atoms with Crippen LogP contribution in [0.5, 0.6) is 0 Å². The molecule has 0 amide bonds. The standard InChI is InChI=1S/C15H21N/c1-2-15(11-7-8-11)16-10-13-9-12-5-3-4-6-14(12)13/h3-6,11,13,15-16H,2,7-10H2,1H3. The average Bonchev–Trinajstić information content (AvgIpc) is 3.09. The molecule has 1 heteroatoms. The van der Waals surface area contributed by atoms with Gasteiger partial charge in [-0.05, 0) is 42.7 Å². The van der Waals surface area contributed by atoms with Gasteiger partial charge < -0.3 is 5.32 Å². The van der Waals surface area contributed by atoms with E-state index in [1.807, 2.05) is 0 Å². The fraction of sp³-hybridized carbons (Fsp3) is 0.600. The maximum absolute atomic E-state index is 3.77. The highest BCUT2D eigenvalue weighted by Gasteiger charge is 2.31. The molecule has 1 fully saturated rings. The lowest BCUT2D eigenvalue weighted by atomic mass is 9.77. The predicted octanol–water partition coefficient (Wildman–Crippen LogP) is 3.10. The van der Waals surface area contributed by atoms with Crippen LogP contribution in [0.1, 0.15) is 43.2 Å². The van der Waals surface area contributed by atoms with Crippen LogP contribution in [0.15, 0.2) is 24.3 Å². The summed E-state index contributed by atoms with van der Waals surface area (Å²) in [4.78, 5) is 0. The fourth-order valence-electron chi connectivity index (χ4n) is 2.98. The first-order valence-electron chi connectivity index (χ1n) is 6.69. The molecule has 0 radical (unpaired) electrons. The molecule has 2 unspecified atom stereocenters. The summed E-state index contributed by atoms with van der Waals surface area (Å²) in [5.41, 5.74) is 3.15. The minimum absolute atomic E-state index is 0.781. The zero-order chi connectivity index (χ0) is 11.0. The molecule has 2 aliphatic rings. The molecule has 16 heavy (non-hydrogen) atoms. The molecule has 0 heterocycles. The normalized spacial score (nSPS) is 24.7. The van der Waals surface area contributed by atoms with Crippen LogP contribution in [-0.4, -0.2) is 12.6 Å². The number of hydrogen-bond acceptors (Lipinski definition) is 1. The van der Waals surface area contributed by atoms with E-state index in [9.17, 15) is 0 Å². The first-order valence-corrected chi connectivity index (χ1v) is 6.69. The molecule has 1 N–H and O–H groups in total. The Morgan fingerprint density at radius 2 is 2.12 bits per heavy atom. The largest absolute Gasteiger partial charge is 0.313 e. The van der Waals surface area contributed by atoms with Crippen molar-refractivity contribution in [1.29, 1.82) is 0 Å². The third kappa shape index (κ3) is 1.89. The van der Waals surface area contributed by atoms with Gasteiger partial charge in [-0.2, -0.15) is 0 Å². The van der Waals surface area contributed by atoms with Crippen molar-refractivity contribution >= 4 is 0 Å². The summed E-state index contributed by atoms with van der Waals surface area (Å²) < 4.78 is 0. The monoisotopic (exact) mass is 215 g/mol. The number of nitrogens with one attached hydrogen (secondary N) is 1. The van der Waals surface area contributed by atoms with Gasteiger partial charge in [0.25, 0.3) is 0 Å². The van der Waals surface area contributed by atoms with Crippen molar-refractivity contribution in [1.82, 2.24) is 5.32 Å². The predicted molar refractivity (Wildman–Crippen MR) is 67.7 cm³/mol. The molecule has 86 valence electrons. The van der Waals surface area contributed by atoms with Crippen molar-refractivity contribution in [2.75, 3.05) is 6.54 Å². The van der Waals surface area contributed by atoms with E-state index in [0.29, 0.717) is 0 Å². The molecule has 0 aliphatic heterocycles. The minimum Gasteiger partial charge on any atom is -0.313 e. The summed E-state index contributed by atoms with van der Waals surface area (Å²) in [5, 5.41) is 3.77. The Bertz CT molecular complexity index is 367. The van der Waals surface area contributed by atoms with Gasteiger partial charge in [-0.25, -0.2) is 0 Å². The summed E-state index contributed by atoms with van der Waals surface area (Å²) in [5.74, 6) is 1.77. The van der Waals surface area contributed by atoms with Gasteiger partial charge >= 0.3 is 0 Å². The van der Waals surface area contributed by atoms with Crippen LogP contribution in [0.25, 0.3) is 0 Å². The van der Waals surface area contributed by atoms with Gasteiger partial charge in [0.1, 0.15) is 0 Å². The van der Waals surface area contributed by atoms with Crippen molar-refractivity contribution < 1.29 is 0 Å². The summed E-state index contributed by atoms with van der Waals surface area (Å²) in [6.07, 6.45) is 5.48. The number of benzene rings is 1. The second-order valence-corrected chi connectivity index (χ2v) is 5.36. The lowest BCUT2D eigenvalue weighted by molar-refractivity contribution is 0.416. The van der Waals surface area contributed by atoms with Crippen molar-refractivity contribution in [2.45, 2.75) is 44.6 Å². The maximum Gasteiger partial charge on any atom is 0.00929 e. The first-order chi connectivity index (χ1) is 7.88. The molecule has 1 nitrogen and oxygen atoms in total. The van der Waals surface area contributed by atoms with E-state index < -0.39 is 0 Å². The van der Waals surface area contributed by atoms with E-state index >= 15 is 0 Å². The molecule has 0 bridgehead atoms. The highest BCUT2D eigenvalue weighted by atomic mass is 14.9. The highest BCUT2D eigenvalue weighted by Crippen LogP contribution is 2.36. The second kappa shape index (κ2) is 4.21. The van der Waals surface area contributed by atoms with Gasteiger partial charge in [0.05, 0.1) is 0 Å². The molecular weight excluding hydrogens is 194 g/mol. The Labute approximate surface area is 98.3 Å². The van der Waals surface area contributed by atoms with Crippen molar-refractivity contribution in [3.05, 3.63) is 35.4 Å². The molecule has 0 spiro atoms. The van der Waals surface area contributed by atoms with E-state index in [1.54, 1.807) is 11.1 Å². The van der Waals surface area contributed by atoms with Crippen molar-refractivity contribution in [2.24, 2.45) is 5.92 Å². The number of rotatable bonds is 5. The van der Waals surface area contributed by atoms with E-state index in [4.69, 9.17) is 0 Å². The molecule has 1 saturated carbocycles. The van der Waals surface area contributed by atoms with E-state index in [0.717, 1.165) is 17.9 Å². The second-order valence-electron chi connectivity index (χ2n) is 5.36. The SMILES string of the molecule is CCC(NCC1Cc2ccccc21)C1CC1. The smallest absolute Gasteiger partial charge is 0.00929 e. The summed E-state index contributed by atoms with van der Waals surface area (Å²) in [7, 11) is 0. The molecule has 1 aromatic rings.